The molecule has 3 N–H and O–H groups in total. The number of hydrogen-bond donors (Lipinski definition) is 2. The van der Waals surface area contributed by atoms with Crippen LogP contribution < -0.4 is 14.9 Å². The maximum absolute atomic E-state index is 13.7. The van der Waals surface area contributed by atoms with Crippen LogP contribution in [-0.2, 0) is 38.4 Å². The number of likely N-dealkylation sites (tertiary alicyclic amines) is 1. The van der Waals surface area contributed by atoms with E-state index >= 15 is 0 Å². The number of nitrogens with zero attached hydrogens (tertiary/aromatic N) is 5. The minimum Gasteiger partial charge on any atom is -0.464 e. The fourth-order valence-corrected chi connectivity index (χ4v) is 5.69. The van der Waals surface area contributed by atoms with Gasteiger partial charge < -0.3 is 20.3 Å². The van der Waals surface area contributed by atoms with Crippen molar-refractivity contribution >= 4 is 51.2 Å². The van der Waals surface area contributed by atoms with Crippen molar-refractivity contribution in [3.05, 3.63) is 53.9 Å². The fourth-order valence-electron chi connectivity index (χ4n) is 4.99. The quantitative estimate of drug-likeness (QED) is 0.286. The molecule has 4 rings (SSSR count). The van der Waals surface area contributed by atoms with E-state index in [0.29, 0.717) is 23.7 Å². The van der Waals surface area contributed by atoms with Crippen molar-refractivity contribution in [1.82, 2.24) is 14.9 Å². The Hall–Kier alpha value is -3.77. The lowest BCUT2D eigenvalue weighted by atomic mass is 9.94. The summed E-state index contributed by atoms with van der Waals surface area (Å²) in [6.07, 6.45) is 4.29. The highest BCUT2D eigenvalue weighted by atomic mass is 32.2. The lowest BCUT2D eigenvalue weighted by molar-refractivity contribution is -0.153. The summed E-state index contributed by atoms with van der Waals surface area (Å²) in [6.45, 7) is 4.12. The number of aromatic nitrogens is 2. The molecular formula is C27H34N6O5S. The van der Waals surface area contributed by atoms with Crippen LogP contribution in [-0.4, -0.2) is 74.8 Å². The number of nitrogens with two attached hydrogens (primary N) is 1. The van der Waals surface area contributed by atoms with Crippen LogP contribution in [0.5, 0.6) is 0 Å². The summed E-state index contributed by atoms with van der Waals surface area (Å²) in [6, 6.07) is 7.34. The van der Waals surface area contributed by atoms with E-state index in [4.69, 9.17) is 10.5 Å². The van der Waals surface area contributed by atoms with E-state index in [0.717, 1.165) is 26.2 Å². The SMILES string of the molecule is CCOC(=O)[C@@H](Cc1cc2ccnc(N)c2cc1CC)N1CC[C@H](N(c2ccc(N(C)C)nc2)S(=O)O)C1=O. The molecule has 0 spiro atoms. The third kappa shape index (κ3) is 5.81. The monoisotopic (exact) mass is 554 g/mol. The minimum absolute atomic E-state index is 0.165. The van der Waals surface area contributed by atoms with Crippen molar-refractivity contribution < 1.29 is 23.1 Å². The predicted octanol–water partition coefficient (Wildman–Crippen LogP) is 2.56. The molecule has 1 fully saturated rings. The van der Waals surface area contributed by atoms with Gasteiger partial charge in [0.25, 0.3) is 11.3 Å². The first kappa shape index (κ1) is 28.2. The Balaban J connectivity index is 1.66. The van der Waals surface area contributed by atoms with Crippen LogP contribution in [0.25, 0.3) is 10.8 Å². The van der Waals surface area contributed by atoms with Crippen molar-refractivity contribution in [3.8, 4) is 0 Å². The molecule has 11 nitrogen and oxygen atoms in total. The highest BCUT2D eigenvalue weighted by Gasteiger charge is 2.44. The van der Waals surface area contributed by atoms with Gasteiger partial charge in [-0.2, -0.15) is 0 Å². The summed E-state index contributed by atoms with van der Waals surface area (Å²) in [5.41, 5.74) is 8.31. The first-order valence-electron chi connectivity index (χ1n) is 12.8. The molecule has 3 atom stereocenters. The van der Waals surface area contributed by atoms with Gasteiger partial charge in [-0.1, -0.05) is 13.0 Å². The van der Waals surface area contributed by atoms with Gasteiger partial charge in [0, 0.05) is 38.6 Å². The van der Waals surface area contributed by atoms with E-state index in [2.05, 4.69) is 9.97 Å². The van der Waals surface area contributed by atoms with Gasteiger partial charge in [0.1, 0.15) is 23.7 Å². The van der Waals surface area contributed by atoms with Crippen LogP contribution in [0.2, 0.25) is 0 Å². The maximum atomic E-state index is 13.7. The van der Waals surface area contributed by atoms with Crippen molar-refractivity contribution in [2.75, 3.05) is 42.2 Å². The third-order valence-corrected chi connectivity index (χ3v) is 7.75. The Morgan fingerprint density at radius 3 is 2.62 bits per heavy atom. The lowest BCUT2D eigenvalue weighted by Gasteiger charge is -2.29. The number of ether oxygens (including phenoxy) is 1. The number of hydrogen-bond acceptors (Lipinski definition) is 8. The minimum atomic E-state index is -2.49. The summed E-state index contributed by atoms with van der Waals surface area (Å²) in [5, 5.41) is 1.72. The number of benzene rings is 1. The number of amides is 1. The van der Waals surface area contributed by atoms with Crippen molar-refractivity contribution in [3.63, 3.8) is 0 Å². The highest BCUT2D eigenvalue weighted by Crippen LogP contribution is 2.30. The summed E-state index contributed by atoms with van der Waals surface area (Å²) in [7, 11) is 3.67. The topological polar surface area (TPSA) is 142 Å². The molecule has 39 heavy (non-hydrogen) atoms. The summed E-state index contributed by atoms with van der Waals surface area (Å²) < 4.78 is 29.1. The molecule has 1 aliphatic heterocycles. The normalized spacial score (nSPS) is 16.8. The lowest BCUT2D eigenvalue weighted by Crippen LogP contribution is -2.49. The smallest absolute Gasteiger partial charge is 0.329 e. The van der Waals surface area contributed by atoms with E-state index < -0.39 is 35.2 Å². The van der Waals surface area contributed by atoms with Crippen molar-refractivity contribution in [2.45, 2.75) is 45.2 Å². The van der Waals surface area contributed by atoms with Gasteiger partial charge in [0.2, 0.25) is 5.91 Å². The zero-order valence-corrected chi connectivity index (χ0v) is 23.4. The number of fused-ring (bicyclic) bond motifs is 1. The van der Waals surface area contributed by atoms with E-state index in [1.165, 1.54) is 11.1 Å². The number of rotatable bonds is 10. The second kappa shape index (κ2) is 12.0. The molecule has 1 saturated heterocycles. The zero-order valence-electron chi connectivity index (χ0n) is 22.5. The second-order valence-corrected chi connectivity index (χ2v) is 10.4. The van der Waals surface area contributed by atoms with E-state index in [9.17, 15) is 18.4 Å². The first-order chi connectivity index (χ1) is 18.7. The largest absolute Gasteiger partial charge is 0.464 e. The molecule has 208 valence electrons. The number of aryl methyl sites for hydroxylation is 1. The van der Waals surface area contributed by atoms with Gasteiger partial charge in [0.15, 0.2) is 0 Å². The average molecular weight is 555 g/mol. The fraction of sp³-hybridized carbons (Fsp3) is 0.407. The Morgan fingerprint density at radius 1 is 1.23 bits per heavy atom. The van der Waals surface area contributed by atoms with E-state index in [-0.39, 0.29) is 26.0 Å². The molecule has 1 unspecified atom stereocenters. The number of carbonyl (C=O) groups is 2. The van der Waals surface area contributed by atoms with Crippen LogP contribution in [0.1, 0.15) is 31.4 Å². The first-order valence-corrected chi connectivity index (χ1v) is 13.9. The van der Waals surface area contributed by atoms with Crippen LogP contribution in [0.15, 0.2) is 42.7 Å². The molecule has 0 aliphatic carbocycles. The number of nitrogen functional groups attached to an aromatic ring is 1. The summed E-state index contributed by atoms with van der Waals surface area (Å²) in [4.78, 5) is 38.7. The van der Waals surface area contributed by atoms with Gasteiger partial charge in [-0.25, -0.2) is 19.0 Å². The molecule has 3 heterocycles. The standard InChI is InChI=1S/C27H34N6O5S/c1-5-17-14-21-18(9-11-29-25(21)28)13-19(17)15-23(27(35)38-6-2)32-12-10-22(26(32)34)33(39(36)37)20-7-8-24(30-16-20)31(3)4/h7-9,11,13-14,16,22-23H,5-6,10,12,15H2,1-4H3,(H2,28,29)(H,36,37)/t22-,23+/m0/s1. The van der Waals surface area contributed by atoms with E-state index in [1.807, 2.05) is 39.2 Å². The summed E-state index contributed by atoms with van der Waals surface area (Å²) >= 11 is -2.49. The molecule has 1 aromatic carbocycles. The van der Waals surface area contributed by atoms with Crippen LogP contribution in [0.4, 0.5) is 17.3 Å². The Morgan fingerprint density at radius 2 is 2.00 bits per heavy atom. The zero-order chi connectivity index (χ0) is 28.3. The van der Waals surface area contributed by atoms with Crippen LogP contribution in [0, 0.1) is 0 Å². The Bertz CT molecular complexity index is 1380. The van der Waals surface area contributed by atoms with Gasteiger partial charge >= 0.3 is 5.97 Å². The number of anilines is 3. The average Bonchev–Trinajstić information content (AvgIpc) is 3.27. The van der Waals surface area contributed by atoms with Crippen LogP contribution >= 0.6 is 0 Å². The van der Waals surface area contributed by atoms with Gasteiger partial charge in [-0.05, 0) is 60.5 Å². The third-order valence-electron chi connectivity index (χ3n) is 6.95. The van der Waals surface area contributed by atoms with Gasteiger partial charge in [-0.15, -0.1) is 0 Å². The molecule has 2 aromatic heterocycles. The molecule has 3 aromatic rings. The number of carbonyl (C=O) groups excluding carboxylic acids is 2. The molecular weight excluding hydrogens is 520 g/mol. The molecule has 1 amide bonds. The van der Waals surface area contributed by atoms with Crippen molar-refractivity contribution in [2.24, 2.45) is 0 Å². The van der Waals surface area contributed by atoms with Gasteiger partial charge in [-0.3, -0.25) is 13.7 Å². The second-order valence-electron chi connectivity index (χ2n) is 9.53. The van der Waals surface area contributed by atoms with Gasteiger partial charge in [0.05, 0.1) is 18.5 Å². The van der Waals surface area contributed by atoms with Crippen LogP contribution in [0.3, 0.4) is 0 Å². The number of esters is 1. The molecule has 0 saturated carbocycles. The predicted molar refractivity (Wildman–Crippen MR) is 152 cm³/mol. The molecule has 12 heteroatoms. The maximum Gasteiger partial charge on any atom is 0.329 e. The number of pyridine rings is 2. The Kier molecular flexibility index (Phi) is 8.66. The summed E-state index contributed by atoms with van der Waals surface area (Å²) in [5.74, 6) is 0.165. The highest BCUT2D eigenvalue weighted by molar-refractivity contribution is 7.80. The molecule has 0 bridgehead atoms. The van der Waals surface area contributed by atoms with Crippen molar-refractivity contribution in [1.29, 1.82) is 0 Å². The Labute approximate surface area is 230 Å². The van der Waals surface area contributed by atoms with E-state index in [1.54, 1.807) is 30.2 Å². The molecule has 1 aliphatic rings. The molecule has 0 radical (unpaired) electrons.